The van der Waals surface area contributed by atoms with Gasteiger partial charge in [-0.1, -0.05) is 28.1 Å². The Bertz CT molecular complexity index is 549. The lowest BCUT2D eigenvalue weighted by Crippen LogP contribution is -2.40. The fraction of sp³-hybridized carbons (Fsp3) is 0.308. The van der Waals surface area contributed by atoms with Crippen LogP contribution in [0.3, 0.4) is 0 Å². The molecule has 0 spiro atoms. The van der Waals surface area contributed by atoms with Crippen LogP contribution in [-0.2, 0) is 23.8 Å². The van der Waals surface area contributed by atoms with Gasteiger partial charge in [-0.15, -0.1) is 0 Å². The van der Waals surface area contributed by atoms with Crippen LogP contribution < -0.4 is 0 Å². The van der Waals surface area contributed by atoms with Crippen molar-refractivity contribution in [3.8, 4) is 0 Å². The number of carbonyl (C=O) groups excluding carboxylic acids is 3. The van der Waals surface area contributed by atoms with Gasteiger partial charge in [0.05, 0.1) is 14.2 Å². The summed E-state index contributed by atoms with van der Waals surface area (Å²) >= 11 is 3.25. The third kappa shape index (κ3) is 2.23. The fourth-order valence-electron chi connectivity index (χ4n) is 1.85. The Hall–Kier alpha value is -1.73. The highest BCUT2D eigenvalue weighted by Gasteiger charge is 2.74. The van der Waals surface area contributed by atoms with Crippen LogP contribution >= 0.6 is 15.9 Å². The van der Waals surface area contributed by atoms with Crippen molar-refractivity contribution in [3.63, 3.8) is 0 Å². The molecule has 1 aliphatic heterocycles. The lowest BCUT2D eigenvalue weighted by atomic mass is 9.98. The number of halogens is 1. The summed E-state index contributed by atoms with van der Waals surface area (Å²) in [7, 11) is 2.21. The Morgan fingerprint density at radius 1 is 1.10 bits per heavy atom. The van der Waals surface area contributed by atoms with E-state index in [1.54, 1.807) is 24.3 Å². The monoisotopic (exact) mass is 342 g/mol. The topological polar surface area (TPSA) is 82.2 Å². The lowest BCUT2D eigenvalue weighted by molar-refractivity contribution is -0.160. The SMILES string of the molecule is COC(=O)C1(C(=O)OC)OC1C(=O)c1ccc(Br)cc1. The van der Waals surface area contributed by atoms with E-state index in [4.69, 9.17) is 4.74 Å². The van der Waals surface area contributed by atoms with Crippen molar-refractivity contribution >= 4 is 33.7 Å². The normalized spacial score (nSPS) is 19.1. The van der Waals surface area contributed by atoms with Crippen molar-refractivity contribution in [2.75, 3.05) is 14.2 Å². The number of benzene rings is 1. The van der Waals surface area contributed by atoms with Gasteiger partial charge in [0.15, 0.2) is 11.9 Å². The number of hydrogen-bond donors (Lipinski definition) is 0. The number of ether oxygens (including phenoxy) is 3. The lowest BCUT2D eigenvalue weighted by Gasteiger charge is -2.07. The van der Waals surface area contributed by atoms with Gasteiger partial charge in [-0.3, -0.25) is 4.79 Å². The zero-order valence-corrected chi connectivity index (χ0v) is 12.3. The predicted molar refractivity (Wildman–Crippen MR) is 70.1 cm³/mol. The zero-order chi connectivity index (χ0) is 14.9. The second-order valence-corrected chi connectivity index (χ2v) is 5.00. The molecule has 1 saturated heterocycles. The first-order chi connectivity index (χ1) is 9.47. The van der Waals surface area contributed by atoms with Gasteiger partial charge in [0.1, 0.15) is 0 Å². The second kappa shape index (κ2) is 5.34. The molecule has 0 amide bonds. The molecule has 20 heavy (non-hydrogen) atoms. The number of Topliss-reactive ketones (excluding diaryl/α,β-unsaturated/α-hetero) is 1. The summed E-state index contributed by atoms with van der Waals surface area (Å²) in [6, 6.07) is 6.47. The molecule has 0 N–H and O–H groups in total. The van der Waals surface area contributed by atoms with E-state index in [1.165, 1.54) is 0 Å². The van der Waals surface area contributed by atoms with Crippen molar-refractivity contribution < 1.29 is 28.6 Å². The Kier molecular flexibility index (Phi) is 3.92. The molecule has 6 nitrogen and oxygen atoms in total. The minimum atomic E-state index is -1.98. The molecule has 1 aliphatic rings. The van der Waals surface area contributed by atoms with E-state index in [-0.39, 0.29) is 0 Å². The van der Waals surface area contributed by atoms with Gasteiger partial charge in [0.25, 0.3) is 5.60 Å². The maximum absolute atomic E-state index is 12.2. The van der Waals surface area contributed by atoms with E-state index < -0.39 is 29.4 Å². The maximum Gasteiger partial charge on any atom is 0.353 e. The summed E-state index contributed by atoms with van der Waals surface area (Å²) in [5, 5.41) is 0. The Labute approximate surface area is 123 Å². The first-order valence-electron chi connectivity index (χ1n) is 5.61. The summed E-state index contributed by atoms with van der Waals surface area (Å²) in [6.07, 6.45) is -1.22. The minimum absolute atomic E-state index is 0.327. The Balaban J connectivity index is 2.26. The van der Waals surface area contributed by atoms with Crippen molar-refractivity contribution in [2.45, 2.75) is 11.7 Å². The van der Waals surface area contributed by atoms with Crippen molar-refractivity contribution in [1.29, 1.82) is 0 Å². The van der Waals surface area contributed by atoms with Crippen LogP contribution in [0.15, 0.2) is 28.7 Å². The number of hydrogen-bond acceptors (Lipinski definition) is 6. The largest absolute Gasteiger partial charge is 0.466 e. The molecule has 1 aromatic carbocycles. The van der Waals surface area contributed by atoms with Crippen LogP contribution in [0.2, 0.25) is 0 Å². The highest BCUT2D eigenvalue weighted by molar-refractivity contribution is 9.10. The molecule has 1 fully saturated rings. The first kappa shape index (κ1) is 14.7. The highest BCUT2D eigenvalue weighted by atomic mass is 79.9. The Morgan fingerprint density at radius 3 is 2.05 bits per heavy atom. The van der Waals surface area contributed by atoms with Gasteiger partial charge in [-0.05, 0) is 12.1 Å². The van der Waals surface area contributed by atoms with Crippen molar-refractivity contribution in [1.82, 2.24) is 0 Å². The Morgan fingerprint density at radius 2 is 1.60 bits per heavy atom. The average Bonchev–Trinajstić information content (AvgIpc) is 3.22. The van der Waals surface area contributed by atoms with Gasteiger partial charge in [-0.25, -0.2) is 9.59 Å². The van der Waals surface area contributed by atoms with E-state index in [1.807, 2.05) is 0 Å². The summed E-state index contributed by atoms with van der Waals surface area (Å²) < 4.78 is 14.9. The molecule has 106 valence electrons. The number of esters is 2. The molecule has 1 unspecified atom stereocenters. The molecule has 7 heteroatoms. The maximum atomic E-state index is 12.2. The highest BCUT2D eigenvalue weighted by Crippen LogP contribution is 2.41. The summed E-state index contributed by atoms with van der Waals surface area (Å²) in [5.74, 6) is -2.37. The fourth-order valence-corrected chi connectivity index (χ4v) is 2.12. The quantitative estimate of drug-likeness (QED) is 0.353. The van der Waals surface area contributed by atoms with Crippen LogP contribution in [-0.4, -0.2) is 43.6 Å². The van der Waals surface area contributed by atoms with Crippen LogP contribution in [0, 0.1) is 0 Å². The standard InChI is InChI=1S/C13H11BrO6/c1-18-11(16)13(12(17)19-2)10(20-13)9(15)7-3-5-8(14)6-4-7/h3-6,10H,1-2H3. The minimum Gasteiger partial charge on any atom is -0.466 e. The summed E-state index contributed by atoms with van der Waals surface area (Å²) in [4.78, 5) is 35.6. The van der Waals surface area contributed by atoms with E-state index in [0.29, 0.717) is 5.56 Å². The number of carbonyl (C=O) groups is 3. The third-order valence-electron chi connectivity index (χ3n) is 2.96. The molecule has 2 rings (SSSR count). The van der Waals surface area contributed by atoms with Crippen LogP contribution in [0.1, 0.15) is 10.4 Å². The smallest absolute Gasteiger partial charge is 0.353 e. The predicted octanol–water partition coefficient (Wildman–Crippen LogP) is 1.12. The summed E-state index contributed by atoms with van der Waals surface area (Å²) in [6.45, 7) is 0. The van der Waals surface area contributed by atoms with Gasteiger partial charge in [-0.2, -0.15) is 0 Å². The second-order valence-electron chi connectivity index (χ2n) is 4.09. The number of ketones is 1. The van der Waals surface area contributed by atoms with E-state index >= 15 is 0 Å². The van der Waals surface area contributed by atoms with Crippen LogP contribution in [0.4, 0.5) is 0 Å². The zero-order valence-electron chi connectivity index (χ0n) is 10.7. The molecule has 1 aromatic rings. The molecule has 0 bridgehead atoms. The number of rotatable bonds is 4. The molecule has 0 aliphatic carbocycles. The van der Waals surface area contributed by atoms with E-state index in [9.17, 15) is 14.4 Å². The molecule has 1 heterocycles. The number of epoxide rings is 1. The average molecular weight is 343 g/mol. The molecule has 0 radical (unpaired) electrons. The molecular weight excluding hydrogens is 332 g/mol. The molecule has 0 saturated carbocycles. The van der Waals surface area contributed by atoms with Gasteiger partial charge >= 0.3 is 11.9 Å². The van der Waals surface area contributed by atoms with Gasteiger partial charge in [0.2, 0.25) is 0 Å². The van der Waals surface area contributed by atoms with Gasteiger partial charge < -0.3 is 14.2 Å². The van der Waals surface area contributed by atoms with Crippen LogP contribution in [0.5, 0.6) is 0 Å². The number of methoxy groups -OCH3 is 2. The van der Waals surface area contributed by atoms with Crippen molar-refractivity contribution in [3.05, 3.63) is 34.3 Å². The molecular formula is C13H11BrO6. The van der Waals surface area contributed by atoms with E-state index in [2.05, 4.69) is 25.4 Å². The van der Waals surface area contributed by atoms with E-state index in [0.717, 1.165) is 18.7 Å². The summed E-state index contributed by atoms with van der Waals surface area (Å²) in [5.41, 5.74) is -1.65. The van der Waals surface area contributed by atoms with Crippen LogP contribution in [0.25, 0.3) is 0 Å². The van der Waals surface area contributed by atoms with Gasteiger partial charge in [0, 0.05) is 10.0 Å². The first-order valence-corrected chi connectivity index (χ1v) is 6.41. The third-order valence-corrected chi connectivity index (χ3v) is 3.49. The van der Waals surface area contributed by atoms with Crippen molar-refractivity contribution in [2.24, 2.45) is 0 Å². The molecule has 0 aromatic heterocycles. The molecule has 1 atom stereocenters.